The Bertz CT molecular complexity index is 1500. The van der Waals surface area contributed by atoms with E-state index >= 15 is 0 Å². The van der Waals surface area contributed by atoms with Gasteiger partial charge in [0.25, 0.3) is 5.91 Å². The third kappa shape index (κ3) is 5.43. The average molecular weight is 496 g/mol. The van der Waals surface area contributed by atoms with Crippen LogP contribution in [0.1, 0.15) is 44.9 Å². The molecule has 186 valence electrons. The van der Waals surface area contributed by atoms with Gasteiger partial charge in [0.15, 0.2) is 6.61 Å². The van der Waals surface area contributed by atoms with Crippen LogP contribution in [0, 0.1) is 6.92 Å². The van der Waals surface area contributed by atoms with Gasteiger partial charge < -0.3 is 14.5 Å². The number of esters is 1. The zero-order valence-corrected chi connectivity index (χ0v) is 20.2. The highest BCUT2D eigenvalue weighted by Gasteiger charge is 2.28. The van der Waals surface area contributed by atoms with Crippen LogP contribution in [0.4, 0.5) is 4.79 Å². The van der Waals surface area contributed by atoms with Gasteiger partial charge >= 0.3 is 12.0 Å². The van der Waals surface area contributed by atoms with Crippen molar-refractivity contribution in [2.45, 2.75) is 26.3 Å². The number of amides is 3. The summed E-state index contributed by atoms with van der Waals surface area (Å²) in [6, 6.07) is 18.3. The lowest BCUT2D eigenvalue weighted by Crippen LogP contribution is -2.41. The van der Waals surface area contributed by atoms with Gasteiger partial charge in [-0.15, -0.1) is 0 Å². The summed E-state index contributed by atoms with van der Waals surface area (Å²) in [6.45, 7) is 1.57. The highest BCUT2D eigenvalue weighted by Crippen LogP contribution is 2.37. The van der Waals surface area contributed by atoms with Gasteiger partial charge in [0.05, 0.1) is 29.6 Å². The second-order valence-electron chi connectivity index (χ2n) is 8.80. The lowest BCUT2D eigenvalue weighted by atomic mass is 10.0. The monoisotopic (exact) mass is 495 g/mol. The Morgan fingerprint density at radius 3 is 2.62 bits per heavy atom. The van der Waals surface area contributed by atoms with Crippen LogP contribution < -0.4 is 10.6 Å². The quantitative estimate of drug-likeness (QED) is 0.372. The number of para-hydroxylation sites is 1. The van der Waals surface area contributed by atoms with E-state index in [0.717, 1.165) is 28.8 Å². The molecule has 0 saturated heterocycles. The lowest BCUT2D eigenvalue weighted by Gasteiger charge is -2.12. The highest BCUT2D eigenvalue weighted by molar-refractivity contribution is 6.08. The Balaban J connectivity index is 1.33. The van der Waals surface area contributed by atoms with E-state index < -0.39 is 24.5 Å². The first kappa shape index (κ1) is 24.0. The Labute approximate surface area is 213 Å². The molecular formula is C29H25N3O5. The molecule has 0 bridgehead atoms. The molecule has 0 atom stereocenters. The van der Waals surface area contributed by atoms with Gasteiger partial charge in [-0.1, -0.05) is 48.0 Å². The van der Waals surface area contributed by atoms with E-state index in [4.69, 9.17) is 14.1 Å². The minimum atomic E-state index is -0.736. The number of aromatic nitrogens is 1. The number of carbonyl (C=O) groups is 3. The second kappa shape index (κ2) is 10.5. The number of imide groups is 1. The molecule has 0 fully saturated rings. The normalized spacial score (nSPS) is 13.4. The lowest BCUT2D eigenvalue weighted by molar-refractivity contribution is -0.123. The van der Waals surface area contributed by atoms with Gasteiger partial charge in [-0.05, 0) is 60.7 Å². The molecule has 0 aliphatic heterocycles. The maximum absolute atomic E-state index is 13.2. The van der Waals surface area contributed by atoms with Crippen molar-refractivity contribution >= 4 is 40.5 Å². The first-order valence-electron chi connectivity index (χ1n) is 11.9. The summed E-state index contributed by atoms with van der Waals surface area (Å²) in [5.74, 6) is -0.818. The first-order chi connectivity index (χ1) is 18.0. The van der Waals surface area contributed by atoms with Crippen LogP contribution in [-0.2, 0) is 22.5 Å². The summed E-state index contributed by atoms with van der Waals surface area (Å²) in [7, 11) is 0. The fourth-order valence-electron chi connectivity index (χ4n) is 4.37. The van der Waals surface area contributed by atoms with E-state index in [1.807, 2.05) is 31.2 Å². The van der Waals surface area contributed by atoms with Gasteiger partial charge in [0, 0.05) is 5.39 Å². The Hall–Kier alpha value is -4.72. The van der Waals surface area contributed by atoms with Gasteiger partial charge in [0.2, 0.25) is 0 Å². The molecule has 1 aliphatic rings. The van der Waals surface area contributed by atoms with Crippen LogP contribution in [0.3, 0.4) is 0 Å². The summed E-state index contributed by atoms with van der Waals surface area (Å²) < 4.78 is 10.5. The standard InChI is InChI=1S/C29H25N3O5/c1-18-8-10-19(11-9-18)15-20-12-13-23-26(22-6-2-3-7-24(22)31-27(20)23)28(34)37-17-25(33)32-29(35)30-16-21-5-4-14-36-21/h2-11,14-15H,12-13,16-17H2,1H3,(H2,30,32,33,35)/b20-15+. The number of hydrogen-bond acceptors (Lipinski definition) is 6. The minimum Gasteiger partial charge on any atom is -0.467 e. The number of fused-ring (bicyclic) bond motifs is 2. The first-order valence-corrected chi connectivity index (χ1v) is 11.9. The number of nitrogens with one attached hydrogen (secondary N) is 2. The van der Waals surface area contributed by atoms with Crippen LogP contribution in [-0.4, -0.2) is 29.5 Å². The molecule has 0 unspecified atom stereocenters. The van der Waals surface area contributed by atoms with Crippen LogP contribution in [0.25, 0.3) is 22.6 Å². The Morgan fingerprint density at radius 1 is 1.03 bits per heavy atom. The predicted octanol–water partition coefficient (Wildman–Crippen LogP) is 4.81. The molecular weight excluding hydrogens is 470 g/mol. The zero-order valence-electron chi connectivity index (χ0n) is 20.2. The number of allylic oxidation sites excluding steroid dienone is 1. The molecule has 8 nitrogen and oxygen atoms in total. The molecule has 8 heteroatoms. The van der Waals surface area contributed by atoms with E-state index in [1.165, 1.54) is 11.8 Å². The van der Waals surface area contributed by atoms with E-state index in [-0.39, 0.29) is 6.54 Å². The average Bonchev–Trinajstić information content (AvgIpc) is 3.56. The van der Waals surface area contributed by atoms with Gasteiger partial charge in [0.1, 0.15) is 5.76 Å². The van der Waals surface area contributed by atoms with E-state index in [1.54, 1.807) is 12.1 Å². The summed E-state index contributed by atoms with van der Waals surface area (Å²) in [5.41, 5.74) is 5.95. The molecule has 0 spiro atoms. The van der Waals surface area contributed by atoms with Crippen LogP contribution >= 0.6 is 0 Å². The van der Waals surface area contributed by atoms with Crippen molar-refractivity contribution in [1.29, 1.82) is 0 Å². The molecule has 2 heterocycles. The topological polar surface area (TPSA) is 111 Å². The smallest absolute Gasteiger partial charge is 0.339 e. The van der Waals surface area contributed by atoms with Crippen LogP contribution in [0.2, 0.25) is 0 Å². The zero-order chi connectivity index (χ0) is 25.8. The molecule has 0 saturated carbocycles. The summed E-state index contributed by atoms with van der Waals surface area (Å²) in [6.07, 6.45) is 4.96. The molecule has 2 aromatic heterocycles. The molecule has 0 radical (unpaired) electrons. The Kier molecular flexibility index (Phi) is 6.81. The molecule has 1 aliphatic carbocycles. The number of ether oxygens (including phenoxy) is 1. The van der Waals surface area contributed by atoms with Crippen molar-refractivity contribution in [3.05, 3.63) is 101 Å². The van der Waals surface area contributed by atoms with Gasteiger partial charge in [-0.25, -0.2) is 14.6 Å². The number of hydrogen-bond donors (Lipinski definition) is 2. The number of furan rings is 1. The van der Waals surface area contributed by atoms with Crippen molar-refractivity contribution in [2.24, 2.45) is 0 Å². The number of carbonyl (C=O) groups excluding carboxylic acids is 3. The van der Waals surface area contributed by atoms with E-state index in [2.05, 4.69) is 41.0 Å². The largest absolute Gasteiger partial charge is 0.467 e. The fourth-order valence-corrected chi connectivity index (χ4v) is 4.37. The summed E-state index contributed by atoms with van der Waals surface area (Å²) in [5, 5.41) is 5.32. The van der Waals surface area contributed by atoms with Crippen molar-refractivity contribution in [3.63, 3.8) is 0 Å². The highest BCUT2D eigenvalue weighted by atomic mass is 16.5. The minimum absolute atomic E-state index is 0.124. The Morgan fingerprint density at radius 2 is 1.84 bits per heavy atom. The summed E-state index contributed by atoms with van der Waals surface area (Å²) in [4.78, 5) is 42.3. The van der Waals surface area contributed by atoms with Gasteiger partial charge in [-0.2, -0.15) is 0 Å². The van der Waals surface area contributed by atoms with E-state index in [0.29, 0.717) is 28.6 Å². The predicted molar refractivity (Wildman–Crippen MR) is 138 cm³/mol. The maximum atomic E-state index is 13.2. The molecule has 2 aromatic carbocycles. The second-order valence-corrected chi connectivity index (χ2v) is 8.80. The van der Waals surface area contributed by atoms with Crippen molar-refractivity contribution in [1.82, 2.24) is 15.6 Å². The molecule has 4 aromatic rings. The van der Waals surface area contributed by atoms with Crippen molar-refractivity contribution < 1.29 is 23.5 Å². The third-order valence-corrected chi connectivity index (χ3v) is 6.15. The SMILES string of the molecule is Cc1ccc(/C=C2\CCc3c2nc2ccccc2c3C(=O)OCC(=O)NC(=O)NCc2ccco2)cc1. The summed E-state index contributed by atoms with van der Waals surface area (Å²) >= 11 is 0. The number of pyridine rings is 1. The molecule has 37 heavy (non-hydrogen) atoms. The number of rotatable bonds is 6. The van der Waals surface area contributed by atoms with Gasteiger partial charge in [-0.3, -0.25) is 10.1 Å². The number of urea groups is 1. The molecule has 2 N–H and O–H groups in total. The number of aryl methyl sites for hydroxylation is 1. The van der Waals surface area contributed by atoms with Crippen molar-refractivity contribution in [2.75, 3.05) is 6.61 Å². The third-order valence-electron chi connectivity index (χ3n) is 6.15. The van der Waals surface area contributed by atoms with Crippen LogP contribution in [0.5, 0.6) is 0 Å². The number of nitrogens with zero attached hydrogens (tertiary/aromatic N) is 1. The maximum Gasteiger partial charge on any atom is 0.339 e. The number of benzene rings is 2. The van der Waals surface area contributed by atoms with Crippen molar-refractivity contribution in [3.8, 4) is 0 Å². The van der Waals surface area contributed by atoms with E-state index in [9.17, 15) is 14.4 Å². The van der Waals surface area contributed by atoms with Crippen LogP contribution in [0.15, 0.2) is 71.3 Å². The molecule has 5 rings (SSSR count). The fraction of sp³-hybridized carbons (Fsp3) is 0.172. The molecule has 3 amide bonds.